The van der Waals surface area contributed by atoms with Crippen LogP contribution in [0.2, 0.25) is 0 Å². The SMILES string of the molecule is CC(C)C1CCCC2(CN=C(N)N2CCN(C)C)C1. The van der Waals surface area contributed by atoms with Crippen LogP contribution in [0.4, 0.5) is 0 Å². The normalized spacial score (nSPS) is 31.6. The van der Waals surface area contributed by atoms with Crippen molar-refractivity contribution in [2.45, 2.75) is 45.1 Å². The Hall–Kier alpha value is -0.770. The zero-order chi connectivity index (χ0) is 14.0. The third-order valence-electron chi connectivity index (χ3n) is 4.96. The summed E-state index contributed by atoms with van der Waals surface area (Å²) in [6.07, 6.45) is 5.22. The summed E-state index contributed by atoms with van der Waals surface area (Å²) in [6, 6.07) is 0. The minimum Gasteiger partial charge on any atom is -0.370 e. The van der Waals surface area contributed by atoms with Gasteiger partial charge >= 0.3 is 0 Å². The molecular weight excluding hydrogens is 236 g/mol. The molecule has 2 unspecified atom stereocenters. The van der Waals surface area contributed by atoms with Gasteiger partial charge < -0.3 is 15.5 Å². The van der Waals surface area contributed by atoms with Crippen molar-refractivity contribution in [1.29, 1.82) is 0 Å². The standard InChI is InChI=1S/C15H30N4/c1-12(2)13-6-5-7-15(10-13)11-17-14(16)19(15)9-8-18(3)4/h12-13H,5-11H2,1-4H3,(H2,16,17). The topological polar surface area (TPSA) is 44.9 Å². The van der Waals surface area contributed by atoms with E-state index in [1.165, 1.54) is 25.7 Å². The molecule has 1 heterocycles. The number of nitrogens with zero attached hydrogens (tertiary/aromatic N) is 3. The van der Waals surface area contributed by atoms with E-state index in [0.717, 1.165) is 37.4 Å². The van der Waals surface area contributed by atoms with Crippen LogP contribution in [-0.2, 0) is 0 Å². The first kappa shape index (κ1) is 14.6. The van der Waals surface area contributed by atoms with E-state index >= 15 is 0 Å². The predicted molar refractivity (Wildman–Crippen MR) is 81.3 cm³/mol. The van der Waals surface area contributed by atoms with Gasteiger partial charge in [-0.1, -0.05) is 26.7 Å². The predicted octanol–water partition coefficient (Wildman–Crippen LogP) is 1.76. The van der Waals surface area contributed by atoms with Gasteiger partial charge in [-0.25, -0.2) is 0 Å². The van der Waals surface area contributed by atoms with Crippen LogP contribution in [0, 0.1) is 11.8 Å². The molecule has 1 aliphatic carbocycles. The molecule has 1 aliphatic heterocycles. The summed E-state index contributed by atoms with van der Waals surface area (Å²) in [6.45, 7) is 7.67. The Balaban J connectivity index is 2.08. The molecule has 0 radical (unpaired) electrons. The van der Waals surface area contributed by atoms with Crippen LogP contribution in [0.1, 0.15) is 39.5 Å². The van der Waals surface area contributed by atoms with Crippen molar-refractivity contribution in [3.8, 4) is 0 Å². The Morgan fingerprint density at radius 3 is 2.84 bits per heavy atom. The van der Waals surface area contributed by atoms with Gasteiger partial charge in [-0.3, -0.25) is 4.99 Å². The van der Waals surface area contributed by atoms with Crippen molar-refractivity contribution in [2.24, 2.45) is 22.6 Å². The van der Waals surface area contributed by atoms with E-state index in [9.17, 15) is 0 Å². The third kappa shape index (κ3) is 3.04. The highest BCUT2D eigenvalue weighted by Crippen LogP contribution is 2.42. The zero-order valence-electron chi connectivity index (χ0n) is 13.0. The Morgan fingerprint density at radius 1 is 1.47 bits per heavy atom. The van der Waals surface area contributed by atoms with Crippen molar-refractivity contribution < 1.29 is 0 Å². The van der Waals surface area contributed by atoms with Crippen LogP contribution in [-0.4, -0.2) is 55.0 Å². The van der Waals surface area contributed by atoms with Gasteiger partial charge in [0, 0.05) is 13.1 Å². The Morgan fingerprint density at radius 2 is 2.21 bits per heavy atom. The van der Waals surface area contributed by atoms with Gasteiger partial charge in [0.25, 0.3) is 0 Å². The second-order valence-electron chi connectivity index (χ2n) is 6.95. The smallest absolute Gasteiger partial charge is 0.191 e. The van der Waals surface area contributed by atoms with Gasteiger partial charge in [-0.2, -0.15) is 0 Å². The van der Waals surface area contributed by atoms with E-state index < -0.39 is 0 Å². The number of aliphatic imine (C=N–C) groups is 1. The molecule has 4 heteroatoms. The van der Waals surface area contributed by atoms with Crippen molar-refractivity contribution in [3.05, 3.63) is 0 Å². The maximum absolute atomic E-state index is 6.15. The molecule has 0 aromatic carbocycles. The molecule has 2 rings (SSSR count). The molecule has 1 spiro atoms. The van der Waals surface area contributed by atoms with Crippen LogP contribution in [0.5, 0.6) is 0 Å². The van der Waals surface area contributed by atoms with Crippen molar-refractivity contribution in [3.63, 3.8) is 0 Å². The van der Waals surface area contributed by atoms with Crippen LogP contribution in [0.25, 0.3) is 0 Å². The van der Waals surface area contributed by atoms with Crippen molar-refractivity contribution in [2.75, 3.05) is 33.7 Å². The average Bonchev–Trinajstić information content (AvgIpc) is 2.64. The summed E-state index contributed by atoms with van der Waals surface area (Å²) in [5.41, 5.74) is 6.38. The maximum Gasteiger partial charge on any atom is 0.191 e. The van der Waals surface area contributed by atoms with Crippen LogP contribution >= 0.6 is 0 Å². The molecule has 1 saturated carbocycles. The number of rotatable bonds is 4. The minimum atomic E-state index is 0.229. The molecule has 1 fully saturated rings. The highest BCUT2D eigenvalue weighted by Gasteiger charge is 2.45. The largest absolute Gasteiger partial charge is 0.370 e. The van der Waals surface area contributed by atoms with Crippen LogP contribution in [0.15, 0.2) is 4.99 Å². The van der Waals surface area contributed by atoms with E-state index in [2.05, 4.69) is 42.7 Å². The van der Waals surface area contributed by atoms with Crippen LogP contribution in [0.3, 0.4) is 0 Å². The highest BCUT2D eigenvalue weighted by atomic mass is 15.4. The van der Waals surface area contributed by atoms with Gasteiger partial charge in [0.2, 0.25) is 0 Å². The zero-order valence-corrected chi connectivity index (χ0v) is 13.0. The minimum absolute atomic E-state index is 0.229. The molecule has 0 amide bonds. The lowest BCUT2D eigenvalue weighted by Gasteiger charge is -2.46. The molecular formula is C15H30N4. The highest BCUT2D eigenvalue weighted by molar-refractivity contribution is 5.81. The molecule has 19 heavy (non-hydrogen) atoms. The van der Waals surface area contributed by atoms with E-state index in [1.807, 2.05) is 0 Å². The van der Waals surface area contributed by atoms with E-state index in [-0.39, 0.29) is 5.54 Å². The average molecular weight is 266 g/mol. The summed E-state index contributed by atoms with van der Waals surface area (Å²) in [4.78, 5) is 9.20. The fourth-order valence-corrected chi connectivity index (χ4v) is 3.64. The molecule has 0 aromatic rings. The van der Waals surface area contributed by atoms with Crippen molar-refractivity contribution >= 4 is 5.96 Å². The van der Waals surface area contributed by atoms with Crippen LogP contribution < -0.4 is 5.73 Å². The molecule has 2 atom stereocenters. The number of hydrogen-bond donors (Lipinski definition) is 1. The quantitative estimate of drug-likeness (QED) is 0.843. The summed E-state index contributed by atoms with van der Waals surface area (Å²) < 4.78 is 0. The summed E-state index contributed by atoms with van der Waals surface area (Å²) in [5.74, 6) is 2.37. The summed E-state index contributed by atoms with van der Waals surface area (Å²) >= 11 is 0. The molecule has 0 aromatic heterocycles. The third-order valence-corrected chi connectivity index (χ3v) is 4.96. The van der Waals surface area contributed by atoms with Gasteiger partial charge in [0.15, 0.2) is 5.96 Å². The number of guanidine groups is 1. The van der Waals surface area contributed by atoms with Gasteiger partial charge in [-0.15, -0.1) is 0 Å². The van der Waals surface area contributed by atoms with Gasteiger partial charge in [0.05, 0.1) is 12.1 Å². The molecule has 2 N–H and O–H groups in total. The number of likely N-dealkylation sites (N-methyl/N-ethyl adjacent to an activating group) is 1. The summed E-state index contributed by atoms with van der Waals surface area (Å²) in [5, 5.41) is 0. The van der Waals surface area contributed by atoms with E-state index in [4.69, 9.17) is 5.73 Å². The lowest BCUT2D eigenvalue weighted by Crippen LogP contribution is -2.55. The van der Waals surface area contributed by atoms with E-state index in [0.29, 0.717) is 0 Å². The summed E-state index contributed by atoms with van der Waals surface area (Å²) in [7, 11) is 4.24. The molecule has 110 valence electrons. The Bertz CT molecular complexity index is 337. The monoisotopic (exact) mass is 266 g/mol. The maximum atomic E-state index is 6.15. The van der Waals surface area contributed by atoms with Crippen molar-refractivity contribution in [1.82, 2.24) is 9.80 Å². The molecule has 4 nitrogen and oxygen atoms in total. The number of nitrogens with two attached hydrogens (primary N) is 1. The first-order chi connectivity index (χ1) is 8.94. The lowest BCUT2D eigenvalue weighted by atomic mass is 9.71. The second kappa shape index (κ2) is 5.70. The van der Waals surface area contributed by atoms with E-state index in [1.54, 1.807) is 0 Å². The fraction of sp³-hybridized carbons (Fsp3) is 0.933. The number of hydrogen-bond acceptors (Lipinski definition) is 4. The van der Waals surface area contributed by atoms with Gasteiger partial charge in [0.1, 0.15) is 0 Å². The molecule has 2 aliphatic rings. The Kier molecular flexibility index (Phi) is 4.39. The Labute approximate surface area is 118 Å². The van der Waals surface area contributed by atoms with Gasteiger partial charge in [-0.05, 0) is 38.8 Å². The lowest BCUT2D eigenvalue weighted by molar-refractivity contribution is 0.0853. The molecule has 0 saturated heterocycles. The molecule has 0 bridgehead atoms. The fourth-order valence-electron chi connectivity index (χ4n) is 3.64. The second-order valence-corrected chi connectivity index (χ2v) is 6.95. The first-order valence-electron chi connectivity index (χ1n) is 7.67. The first-order valence-corrected chi connectivity index (χ1v) is 7.67.